The van der Waals surface area contributed by atoms with Gasteiger partial charge in [0.25, 0.3) is 5.56 Å². The molecule has 0 amide bonds. The number of hydrogen-bond acceptors (Lipinski definition) is 5. The Hall–Kier alpha value is -2.73. The average molecular weight is 363 g/mol. The predicted molar refractivity (Wildman–Crippen MR) is 108 cm³/mol. The van der Waals surface area contributed by atoms with Crippen LogP contribution in [0.5, 0.6) is 0 Å². The van der Waals surface area contributed by atoms with Gasteiger partial charge in [-0.3, -0.25) is 9.20 Å². The lowest BCUT2D eigenvalue weighted by molar-refractivity contribution is 0.255. The zero-order valence-corrected chi connectivity index (χ0v) is 16.1. The summed E-state index contributed by atoms with van der Waals surface area (Å²) >= 11 is 0. The van der Waals surface area contributed by atoms with E-state index in [4.69, 9.17) is 0 Å². The second kappa shape index (κ2) is 7.12. The fourth-order valence-electron chi connectivity index (χ4n) is 3.65. The molecule has 0 aliphatic carbocycles. The van der Waals surface area contributed by atoms with Crippen molar-refractivity contribution in [2.24, 2.45) is 0 Å². The molecule has 140 valence electrons. The summed E-state index contributed by atoms with van der Waals surface area (Å²) in [7, 11) is 6.06. The molecule has 0 spiro atoms. The molecule has 4 heterocycles. The third kappa shape index (κ3) is 3.57. The molecular weight excluding hydrogens is 338 g/mol. The van der Waals surface area contributed by atoms with Gasteiger partial charge < -0.3 is 9.80 Å². The van der Waals surface area contributed by atoms with E-state index in [-0.39, 0.29) is 5.56 Å². The first kappa shape index (κ1) is 17.7. The Morgan fingerprint density at radius 2 is 1.89 bits per heavy atom. The van der Waals surface area contributed by atoms with E-state index < -0.39 is 0 Å². The number of hydrogen-bond donors (Lipinski definition) is 0. The van der Waals surface area contributed by atoms with Crippen molar-refractivity contribution in [3.8, 4) is 11.3 Å². The monoisotopic (exact) mass is 363 g/mol. The van der Waals surface area contributed by atoms with E-state index >= 15 is 0 Å². The van der Waals surface area contributed by atoms with Crippen molar-refractivity contribution in [3.63, 3.8) is 0 Å². The summed E-state index contributed by atoms with van der Waals surface area (Å²) < 4.78 is 1.67. The maximum atomic E-state index is 12.7. The highest BCUT2D eigenvalue weighted by molar-refractivity contribution is 5.62. The molecule has 1 aliphatic rings. The Morgan fingerprint density at radius 1 is 1.11 bits per heavy atom. The van der Waals surface area contributed by atoms with Gasteiger partial charge in [-0.25, -0.2) is 9.97 Å². The molecule has 4 rings (SSSR count). The highest BCUT2D eigenvalue weighted by atomic mass is 16.1. The van der Waals surface area contributed by atoms with Crippen molar-refractivity contribution >= 4 is 11.5 Å². The Bertz CT molecular complexity index is 1000. The lowest BCUT2D eigenvalue weighted by atomic mass is 9.91. The summed E-state index contributed by atoms with van der Waals surface area (Å²) in [4.78, 5) is 26.1. The highest BCUT2D eigenvalue weighted by Crippen LogP contribution is 2.27. The lowest BCUT2D eigenvalue weighted by Gasteiger charge is -2.29. The molecule has 0 unspecified atom stereocenters. The Kier molecular flexibility index (Phi) is 4.66. The van der Waals surface area contributed by atoms with Crippen LogP contribution in [0.1, 0.15) is 24.3 Å². The van der Waals surface area contributed by atoms with Gasteiger partial charge in [0, 0.05) is 38.1 Å². The van der Waals surface area contributed by atoms with E-state index in [9.17, 15) is 4.79 Å². The van der Waals surface area contributed by atoms with E-state index in [0.29, 0.717) is 17.3 Å². The summed E-state index contributed by atoms with van der Waals surface area (Å²) in [6.07, 6.45) is 6.00. The lowest BCUT2D eigenvalue weighted by Crippen LogP contribution is -2.29. The minimum absolute atomic E-state index is 0.0542. The molecule has 0 aromatic carbocycles. The molecule has 1 fully saturated rings. The second-order valence-electron chi connectivity index (χ2n) is 7.55. The molecule has 6 heteroatoms. The third-order valence-electron chi connectivity index (χ3n) is 5.37. The van der Waals surface area contributed by atoms with Gasteiger partial charge in [-0.05, 0) is 62.7 Å². The van der Waals surface area contributed by atoms with Gasteiger partial charge in [-0.1, -0.05) is 6.07 Å². The summed E-state index contributed by atoms with van der Waals surface area (Å²) in [6, 6.07) is 9.56. The van der Waals surface area contributed by atoms with Crippen LogP contribution in [0, 0.1) is 0 Å². The first-order chi connectivity index (χ1) is 13.0. The summed E-state index contributed by atoms with van der Waals surface area (Å²) in [6.45, 7) is 2.20. The SMILES string of the molecule is CN1CCC(c2ccc3nc(-c4ccc(N(C)C)nc4)cc(=O)n3c2)CC1. The van der Waals surface area contributed by atoms with Crippen LogP contribution >= 0.6 is 0 Å². The van der Waals surface area contributed by atoms with Crippen LogP contribution < -0.4 is 10.5 Å². The van der Waals surface area contributed by atoms with Gasteiger partial charge in [-0.15, -0.1) is 0 Å². The predicted octanol–water partition coefficient (Wildman–Crippen LogP) is 2.63. The summed E-state index contributed by atoms with van der Waals surface area (Å²) in [5.41, 5.74) is 3.35. The first-order valence-corrected chi connectivity index (χ1v) is 9.37. The van der Waals surface area contributed by atoms with Crippen LogP contribution in [0.2, 0.25) is 0 Å². The molecule has 0 bridgehead atoms. The molecule has 3 aromatic rings. The van der Waals surface area contributed by atoms with Crippen molar-refractivity contribution in [1.29, 1.82) is 0 Å². The van der Waals surface area contributed by atoms with Crippen molar-refractivity contribution < 1.29 is 0 Å². The van der Waals surface area contributed by atoms with Gasteiger partial charge in [0.1, 0.15) is 11.5 Å². The number of fused-ring (bicyclic) bond motifs is 1. The normalized spacial score (nSPS) is 16.0. The minimum atomic E-state index is -0.0542. The third-order valence-corrected chi connectivity index (χ3v) is 5.37. The maximum Gasteiger partial charge on any atom is 0.258 e. The zero-order valence-electron chi connectivity index (χ0n) is 16.1. The number of piperidine rings is 1. The van der Waals surface area contributed by atoms with E-state index in [2.05, 4.69) is 28.0 Å². The molecule has 0 N–H and O–H groups in total. The number of rotatable bonds is 3. The molecule has 27 heavy (non-hydrogen) atoms. The van der Waals surface area contributed by atoms with Crippen LogP contribution in [0.15, 0.2) is 47.5 Å². The fourth-order valence-corrected chi connectivity index (χ4v) is 3.65. The van der Waals surface area contributed by atoms with E-state index in [1.807, 2.05) is 43.4 Å². The van der Waals surface area contributed by atoms with Gasteiger partial charge in [-0.2, -0.15) is 0 Å². The molecule has 3 aromatic heterocycles. The number of nitrogens with zero attached hydrogens (tertiary/aromatic N) is 5. The van der Waals surface area contributed by atoms with Gasteiger partial charge in [0.15, 0.2) is 0 Å². The number of pyridine rings is 2. The van der Waals surface area contributed by atoms with Crippen LogP contribution in [0.4, 0.5) is 5.82 Å². The van der Waals surface area contributed by atoms with Crippen LogP contribution in [0.25, 0.3) is 16.9 Å². The molecule has 0 saturated carbocycles. The molecule has 0 radical (unpaired) electrons. The number of likely N-dealkylation sites (tertiary alicyclic amines) is 1. The maximum absolute atomic E-state index is 12.7. The van der Waals surface area contributed by atoms with Crippen LogP contribution in [-0.4, -0.2) is 53.5 Å². The standard InChI is InChI=1S/C21H25N5O/c1-24(2)19-6-4-16(13-22-19)18-12-21(27)26-14-17(5-7-20(26)23-18)15-8-10-25(3)11-9-15/h4-7,12-15H,8-11H2,1-3H3. The largest absolute Gasteiger partial charge is 0.363 e. The Balaban J connectivity index is 1.68. The van der Waals surface area contributed by atoms with E-state index in [1.54, 1.807) is 16.7 Å². The fraction of sp³-hybridized carbons (Fsp3) is 0.381. The van der Waals surface area contributed by atoms with Crippen molar-refractivity contribution in [2.75, 3.05) is 39.1 Å². The smallest absolute Gasteiger partial charge is 0.258 e. The molecule has 1 aliphatic heterocycles. The van der Waals surface area contributed by atoms with Gasteiger partial charge >= 0.3 is 0 Å². The van der Waals surface area contributed by atoms with E-state index in [0.717, 1.165) is 37.3 Å². The van der Waals surface area contributed by atoms with Gasteiger partial charge in [0.2, 0.25) is 0 Å². The molecule has 1 saturated heterocycles. The van der Waals surface area contributed by atoms with Crippen LogP contribution in [-0.2, 0) is 0 Å². The second-order valence-corrected chi connectivity index (χ2v) is 7.55. The van der Waals surface area contributed by atoms with Crippen LogP contribution in [0.3, 0.4) is 0 Å². The molecule has 0 atom stereocenters. The quantitative estimate of drug-likeness (QED) is 0.716. The first-order valence-electron chi connectivity index (χ1n) is 9.37. The van der Waals surface area contributed by atoms with Crippen molar-refractivity contribution in [1.82, 2.24) is 19.3 Å². The Labute approximate surface area is 159 Å². The summed E-state index contributed by atoms with van der Waals surface area (Å²) in [5, 5.41) is 0. The molecule has 6 nitrogen and oxygen atoms in total. The minimum Gasteiger partial charge on any atom is -0.363 e. The number of aromatic nitrogens is 3. The van der Waals surface area contributed by atoms with E-state index in [1.165, 1.54) is 5.56 Å². The molecular formula is C21H25N5O. The highest BCUT2D eigenvalue weighted by Gasteiger charge is 2.19. The van der Waals surface area contributed by atoms with Gasteiger partial charge in [0.05, 0.1) is 5.69 Å². The van der Waals surface area contributed by atoms with Crippen molar-refractivity contribution in [2.45, 2.75) is 18.8 Å². The topological polar surface area (TPSA) is 53.7 Å². The average Bonchev–Trinajstić information content (AvgIpc) is 2.68. The summed E-state index contributed by atoms with van der Waals surface area (Å²) in [5.74, 6) is 1.39. The Morgan fingerprint density at radius 3 is 2.56 bits per heavy atom. The van der Waals surface area contributed by atoms with Crippen molar-refractivity contribution in [3.05, 3.63) is 58.6 Å². The number of anilines is 1. The zero-order chi connectivity index (χ0) is 19.0.